The van der Waals surface area contributed by atoms with Crippen LogP contribution in [0.1, 0.15) is 56.4 Å². The maximum atomic E-state index is 5.05. The molecule has 4 atom stereocenters. The molecule has 21 heavy (non-hydrogen) atoms. The highest BCUT2D eigenvalue weighted by Crippen LogP contribution is 2.71. The van der Waals surface area contributed by atoms with Crippen LogP contribution in [-0.2, 0) is 19.4 Å². The molecule has 4 unspecified atom stereocenters. The number of hydrogen-bond donors (Lipinski definition) is 1. The monoisotopic (exact) mass is 285 g/mol. The Balaban J connectivity index is 1.54. The summed E-state index contributed by atoms with van der Waals surface area (Å²) in [6, 6.07) is 0.833. The van der Waals surface area contributed by atoms with Gasteiger partial charge in [0.2, 0.25) is 0 Å². The molecule has 3 nitrogen and oxygen atoms in total. The molecule has 0 amide bonds. The predicted molar refractivity (Wildman–Crippen MR) is 83.0 cm³/mol. The second-order valence-corrected chi connectivity index (χ2v) is 8.29. The summed E-state index contributed by atoms with van der Waals surface area (Å²) in [6.45, 7) is 6.78. The third-order valence-electron chi connectivity index (χ3n) is 6.58. The molecule has 3 heteroatoms. The van der Waals surface area contributed by atoms with Crippen molar-refractivity contribution < 1.29 is 0 Å². The van der Waals surface area contributed by atoms with Gasteiger partial charge in [0.05, 0.1) is 5.69 Å². The molecule has 0 aromatic carbocycles. The van der Waals surface area contributed by atoms with Crippen LogP contribution in [0.3, 0.4) is 0 Å². The van der Waals surface area contributed by atoms with Crippen molar-refractivity contribution in [3.05, 3.63) is 17.2 Å². The van der Waals surface area contributed by atoms with Gasteiger partial charge in [0.25, 0.3) is 0 Å². The summed E-state index contributed by atoms with van der Waals surface area (Å²) in [4.78, 5) is 5.05. The summed E-state index contributed by atoms with van der Waals surface area (Å²) in [6.07, 6.45) is 6.91. The Kier molecular flexibility index (Phi) is 2.62. The first-order valence-electron chi connectivity index (χ1n) is 9.03. The predicted octanol–water partition coefficient (Wildman–Crippen LogP) is 2.94. The Morgan fingerprint density at radius 3 is 2.71 bits per heavy atom. The highest BCUT2D eigenvalue weighted by Gasteiger charge is 2.66. The molecule has 0 spiro atoms. The lowest BCUT2D eigenvalue weighted by Crippen LogP contribution is -2.25. The molecular formula is C18H27N3. The van der Waals surface area contributed by atoms with E-state index in [1.54, 1.807) is 12.1 Å². The van der Waals surface area contributed by atoms with Crippen molar-refractivity contribution >= 4 is 0 Å². The fraction of sp³-hybridized carbons (Fsp3) is 0.833. The van der Waals surface area contributed by atoms with E-state index in [1.165, 1.54) is 30.8 Å². The van der Waals surface area contributed by atoms with Gasteiger partial charge in [-0.1, -0.05) is 13.8 Å². The zero-order valence-electron chi connectivity index (χ0n) is 13.3. The molecule has 5 rings (SSSR count). The van der Waals surface area contributed by atoms with Crippen molar-refractivity contribution in [3.63, 3.8) is 0 Å². The molecule has 1 aromatic rings. The van der Waals surface area contributed by atoms with E-state index >= 15 is 0 Å². The molecule has 3 aliphatic carbocycles. The van der Waals surface area contributed by atoms with E-state index in [0.29, 0.717) is 5.92 Å². The van der Waals surface area contributed by atoms with Gasteiger partial charge in [0.15, 0.2) is 0 Å². The average Bonchev–Trinajstić information content (AvgIpc) is 2.82. The molecule has 3 saturated carbocycles. The first kappa shape index (κ1) is 12.7. The van der Waals surface area contributed by atoms with Crippen LogP contribution in [0, 0.1) is 29.6 Å². The number of nitrogens with one attached hydrogen (secondary N) is 1. The van der Waals surface area contributed by atoms with Crippen molar-refractivity contribution in [2.75, 3.05) is 6.54 Å². The summed E-state index contributed by atoms with van der Waals surface area (Å²) in [7, 11) is 0. The number of fused-ring (bicyclic) bond motifs is 6. The molecule has 0 saturated heterocycles. The number of hydrogen-bond acceptors (Lipinski definition) is 2. The standard InChI is InChI=1S/C18H27N3/c1-10(2)7-15-20-13-9-19-6-5-14(13)21(15)18-16-11-3-4-12(8-11)17(16)18/h10-12,16-19H,3-9H2,1-2H3. The number of aromatic nitrogens is 2. The molecule has 1 N–H and O–H groups in total. The van der Waals surface area contributed by atoms with Crippen molar-refractivity contribution in [1.82, 2.24) is 14.9 Å². The number of nitrogens with zero attached hydrogens (tertiary/aromatic N) is 2. The molecule has 1 aliphatic heterocycles. The molecule has 0 radical (unpaired) electrons. The maximum absolute atomic E-state index is 5.05. The number of rotatable bonds is 3. The highest BCUT2D eigenvalue weighted by molar-refractivity contribution is 5.27. The number of imidazole rings is 1. The lowest BCUT2D eigenvalue weighted by molar-refractivity contribution is 0.429. The lowest BCUT2D eigenvalue weighted by Gasteiger charge is -2.19. The fourth-order valence-electron chi connectivity index (χ4n) is 5.87. The van der Waals surface area contributed by atoms with Gasteiger partial charge in [0, 0.05) is 37.7 Å². The largest absolute Gasteiger partial charge is 0.328 e. The van der Waals surface area contributed by atoms with Crippen molar-refractivity contribution in [2.45, 2.75) is 58.5 Å². The van der Waals surface area contributed by atoms with Gasteiger partial charge in [0.1, 0.15) is 5.82 Å². The van der Waals surface area contributed by atoms with Gasteiger partial charge in [-0.2, -0.15) is 0 Å². The molecule has 4 aliphatic rings. The summed E-state index contributed by atoms with van der Waals surface area (Å²) < 4.78 is 2.75. The Morgan fingerprint density at radius 2 is 2.00 bits per heavy atom. The van der Waals surface area contributed by atoms with E-state index < -0.39 is 0 Å². The smallest absolute Gasteiger partial charge is 0.109 e. The van der Waals surface area contributed by atoms with Crippen molar-refractivity contribution in [2.24, 2.45) is 29.6 Å². The maximum Gasteiger partial charge on any atom is 0.109 e. The fourth-order valence-corrected chi connectivity index (χ4v) is 5.87. The Bertz CT molecular complexity index is 557. The average molecular weight is 285 g/mol. The topological polar surface area (TPSA) is 29.9 Å². The minimum absolute atomic E-state index is 0.705. The Labute approximate surface area is 127 Å². The van der Waals surface area contributed by atoms with Crippen molar-refractivity contribution in [1.29, 1.82) is 0 Å². The third kappa shape index (κ3) is 1.73. The third-order valence-corrected chi connectivity index (χ3v) is 6.58. The van der Waals surface area contributed by atoms with Gasteiger partial charge in [-0.15, -0.1) is 0 Å². The Morgan fingerprint density at radius 1 is 1.24 bits per heavy atom. The van der Waals surface area contributed by atoms with Crippen molar-refractivity contribution in [3.8, 4) is 0 Å². The zero-order valence-corrected chi connectivity index (χ0v) is 13.3. The highest BCUT2D eigenvalue weighted by atomic mass is 15.2. The lowest BCUT2D eigenvalue weighted by atomic mass is 10.0. The van der Waals surface area contributed by atoms with Crippen LogP contribution < -0.4 is 5.32 Å². The van der Waals surface area contributed by atoms with E-state index in [0.717, 1.165) is 49.2 Å². The normalized spacial score (nSPS) is 39.7. The summed E-state index contributed by atoms with van der Waals surface area (Å²) in [5.41, 5.74) is 2.94. The van der Waals surface area contributed by atoms with Crippen LogP contribution >= 0.6 is 0 Å². The second kappa shape index (κ2) is 4.34. The van der Waals surface area contributed by atoms with Crippen LogP contribution in [0.2, 0.25) is 0 Å². The first-order chi connectivity index (χ1) is 10.2. The van der Waals surface area contributed by atoms with Crippen LogP contribution in [-0.4, -0.2) is 16.1 Å². The SMILES string of the molecule is CC(C)Cc1nc2c(n1C1C3C4CCC(C4)C31)CCNC2. The van der Waals surface area contributed by atoms with Crippen LogP contribution in [0.4, 0.5) is 0 Å². The van der Waals surface area contributed by atoms with Gasteiger partial charge in [-0.3, -0.25) is 0 Å². The summed E-state index contributed by atoms with van der Waals surface area (Å²) in [5.74, 6) is 6.24. The molecular weight excluding hydrogens is 258 g/mol. The van der Waals surface area contributed by atoms with Crippen LogP contribution in [0.25, 0.3) is 0 Å². The zero-order chi connectivity index (χ0) is 14.1. The van der Waals surface area contributed by atoms with E-state index in [4.69, 9.17) is 4.98 Å². The summed E-state index contributed by atoms with van der Waals surface area (Å²) in [5, 5.41) is 3.50. The minimum atomic E-state index is 0.705. The van der Waals surface area contributed by atoms with E-state index in [9.17, 15) is 0 Å². The summed E-state index contributed by atoms with van der Waals surface area (Å²) >= 11 is 0. The Hall–Kier alpha value is -0.830. The van der Waals surface area contributed by atoms with E-state index in [1.807, 2.05) is 0 Å². The molecule has 2 bridgehead atoms. The first-order valence-corrected chi connectivity index (χ1v) is 9.03. The van der Waals surface area contributed by atoms with Crippen LogP contribution in [0.5, 0.6) is 0 Å². The van der Waals surface area contributed by atoms with Gasteiger partial charge in [-0.25, -0.2) is 4.98 Å². The molecule has 3 fully saturated rings. The van der Waals surface area contributed by atoms with Gasteiger partial charge in [-0.05, 0) is 48.9 Å². The molecule has 114 valence electrons. The van der Waals surface area contributed by atoms with Gasteiger partial charge < -0.3 is 9.88 Å². The second-order valence-electron chi connectivity index (χ2n) is 8.29. The van der Waals surface area contributed by atoms with E-state index in [2.05, 4.69) is 23.7 Å². The van der Waals surface area contributed by atoms with E-state index in [-0.39, 0.29) is 0 Å². The molecule has 1 aromatic heterocycles. The quantitative estimate of drug-likeness (QED) is 0.925. The minimum Gasteiger partial charge on any atom is -0.328 e. The van der Waals surface area contributed by atoms with Crippen LogP contribution in [0.15, 0.2) is 0 Å². The van der Waals surface area contributed by atoms with Gasteiger partial charge >= 0.3 is 0 Å². The molecule has 2 heterocycles.